The molecule has 0 N–H and O–H groups in total. The van der Waals surface area contributed by atoms with Crippen molar-refractivity contribution >= 4 is 5.69 Å². The summed E-state index contributed by atoms with van der Waals surface area (Å²) in [5.74, 6) is 0. The third-order valence-electron chi connectivity index (χ3n) is 3.04. The highest BCUT2D eigenvalue weighted by Gasteiger charge is 2.18. The van der Waals surface area contributed by atoms with Gasteiger partial charge in [0.05, 0.1) is 18.0 Å². The predicted octanol–water partition coefficient (Wildman–Crippen LogP) is 2.01. The number of aryl methyl sites for hydroxylation is 1. The third-order valence-corrected chi connectivity index (χ3v) is 3.04. The highest BCUT2D eigenvalue weighted by atomic mass is 16.5. The van der Waals surface area contributed by atoms with Crippen molar-refractivity contribution < 1.29 is 4.74 Å². The van der Waals surface area contributed by atoms with Crippen molar-refractivity contribution in [2.24, 2.45) is 0 Å². The van der Waals surface area contributed by atoms with Gasteiger partial charge in [-0.3, -0.25) is 4.98 Å². The van der Waals surface area contributed by atoms with E-state index in [4.69, 9.17) is 4.74 Å². The van der Waals surface area contributed by atoms with E-state index in [0.717, 1.165) is 31.6 Å². The van der Waals surface area contributed by atoms with Crippen LogP contribution in [0.5, 0.6) is 0 Å². The number of hydrogen-bond acceptors (Lipinski definition) is 3. The molecular weight excluding hydrogens is 188 g/mol. The smallest absolute Gasteiger partial charge is 0.0605 e. The quantitative estimate of drug-likeness (QED) is 0.740. The standard InChI is InChI=1S/C12H18N2O/c1-10-3-4-11(9-13-10)14-7-5-12(15-2)6-8-14/h3-4,9,12H,5-8H2,1-2H3. The molecule has 82 valence electrons. The van der Waals surface area contributed by atoms with E-state index in [1.807, 2.05) is 13.1 Å². The zero-order valence-electron chi connectivity index (χ0n) is 9.44. The van der Waals surface area contributed by atoms with Crippen molar-refractivity contribution in [2.75, 3.05) is 25.1 Å². The molecule has 15 heavy (non-hydrogen) atoms. The van der Waals surface area contributed by atoms with E-state index < -0.39 is 0 Å². The monoisotopic (exact) mass is 206 g/mol. The van der Waals surface area contributed by atoms with Gasteiger partial charge < -0.3 is 9.64 Å². The average Bonchev–Trinajstić information content (AvgIpc) is 2.30. The molecule has 2 heterocycles. The maximum absolute atomic E-state index is 5.35. The second kappa shape index (κ2) is 4.62. The van der Waals surface area contributed by atoms with Crippen LogP contribution in [0.1, 0.15) is 18.5 Å². The largest absolute Gasteiger partial charge is 0.381 e. The molecule has 1 fully saturated rings. The zero-order chi connectivity index (χ0) is 10.7. The van der Waals surface area contributed by atoms with Crippen LogP contribution in [0, 0.1) is 6.92 Å². The average molecular weight is 206 g/mol. The van der Waals surface area contributed by atoms with Crippen molar-refractivity contribution in [1.29, 1.82) is 0 Å². The minimum absolute atomic E-state index is 0.444. The van der Waals surface area contributed by atoms with Crippen molar-refractivity contribution in [1.82, 2.24) is 4.98 Å². The number of hydrogen-bond donors (Lipinski definition) is 0. The summed E-state index contributed by atoms with van der Waals surface area (Å²) in [4.78, 5) is 6.70. The number of nitrogens with zero attached hydrogens (tertiary/aromatic N) is 2. The second-order valence-corrected chi connectivity index (χ2v) is 4.08. The van der Waals surface area contributed by atoms with Crippen LogP contribution < -0.4 is 4.90 Å². The number of piperidine rings is 1. The van der Waals surface area contributed by atoms with Crippen LogP contribution in [-0.2, 0) is 4.74 Å². The lowest BCUT2D eigenvalue weighted by Crippen LogP contribution is -2.36. The molecule has 1 aromatic rings. The number of ether oxygens (including phenoxy) is 1. The fourth-order valence-corrected chi connectivity index (χ4v) is 2.00. The molecule has 0 amide bonds. The van der Waals surface area contributed by atoms with Crippen LogP contribution >= 0.6 is 0 Å². The van der Waals surface area contributed by atoms with Gasteiger partial charge >= 0.3 is 0 Å². The van der Waals surface area contributed by atoms with Crippen molar-refractivity contribution in [3.63, 3.8) is 0 Å². The first kappa shape index (κ1) is 10.4. The van der Waals surface area contributed by atoms with Gasteiger partial charge in [-0.15, -0.1) is 0 Å². The van der Waals surface area contributed by atoms with Gasteiger partial charge in [-0.25, -0.2) is 0 Å². The molecule has 0 atom stereocenters. The predicted molar refractivity (Wildman–Crippen MR) is 61.2 cm³/mol. The Balaban J connectivity index is 1.98. The number of aromatic nitrogens is 1. The molecule has 1 aliphatic rings. The second-order valence-electron chi connectivity index (χ2n) is 4.08. The molecule has 3 heteroatoms. The summed E-state index contributed by atoms with van der Waals surface area (Å²) in [7, 11) is 1.80. The van der Waals surface area contributed by atoms with Crippen molar-refractivity contribution in [2.45, 2.75) is 25.9 Å². The molecule has 0 radical (unpaired) electrons. The van der Waals surface area contributed by atoms with Crippen LogP contribution in [-0.4, -0.2) is 31.3 Å². The Morgan fingerprint density at radius 3 is 2.60 bits per heavy atom. The maximum atomic E-state index is 5.35. The molecule has 0 aliphatic carbocycles. The molecule has 0 unspecified atom stereocenters. The molecule has 1 aliphatic heterocycles. The Morgan fingerprint density at radius 1 is 1.33 bits per heavy atom. The molecule has 1 aromatic heterocycles. The summed E-state index contributed by atoms with van der Waals surface area (Å²) >= 11 is 0. The molecule has 0 spiro atoms. The number of methoxy groups -OCH3 is 1. The molecule has 0 aromatic carbocycles. The molecule has 2 rings (SSSR count). The first-order valence-electron chi connectivity index (χ1n) is 5.50. The molecule has 0 bridgehead atoms. The molecular formula is C12H18N2O. The van der Waals surface area contributed by atoms with Crippen LogP contribution in [0.4, 0.5) is 5.69 Å². The fraction of sp³-hybridized carbons (Fsp3) is 0.583. The summed E-state index contributed by atoms with van der Waals surface area (Å²) in [5.41, 5.74) is 2.31. The topological polar surface area (TPSA) is 25.4 Å². The van der Waals surface area contributed by atoms with Gasteiger partial charge in [0, 0.05) is 25.9 Å². The summed E-state index contributed by atoms with van der Waals surface area (Å²) in [6.07, 6.45) is 4.64. The summed E-state index contributed by atoms with van der Waals surface area (Å²) in [6, 6.07) is 4.22. The Labute approximate surface area is 91.1 Å². The van der Waals surface area contributed by atoms with E-state index in [-0.39, 0.29) is 0 Å². The van der Waals surface area contributed by atoms with E-state index in [1.165, 1.54) is 5.69 Å². The number of pyridine rings is 1. The van der Waals surface area contributed by atoms with Gasteiger partial charge in [-0.2, -0.15) is 0 Å². The molecule has 3 nitrogen and oxygen atoms in total. The summed E-state index contributed by atoms with van der Waals surface area (Å²) in [6.45, 7) is 4.16. The van der Waals surface area contributed by atoms with Gasteiger partial charge in [0.1, 0.15) is 0 Å². The first-order valence-corrected chi connectivity index (χ1v) is 5.50. The Hall–Kier alpha value is -1.09. The maximum Gasteiger partial charge on any atom is 0.0605 e. The lowest BCUT2D eigenvalue weighted by molar-refractivity contribution is 0.0819. The van der Waals surface area contributed by atoms with Crippen molar-refractivity contribution in [3.05, 3.63) is 24.0 Å². The third kappa shape index (κ3) is 2.48. The van der Waals surface area contributed by atoms with E-state index in [0.29, 0.717) is 6.10 Å². The number of anilines is 1. The van der Waals surface area contributed by atoms with E-state index in [9.17, 15) is 0 Å². The van der Waals surface area contributed by atoms with Crippen LogP contribution in [0.15, 0.2) is 18.3 Å². The molecule has 0 saturated carbocycles. The highest BCUT2D eigenvalue weighted by molar-refractivity contribution is 5.44. The lowest BCUT2D eigenvalue weighted by atomic mass is 10.1. The molecule has 1 saturated heterocycles. The minimum Gasteiger partial charge on any atom is -0.381 e. The lowest BCUT2D eigenvalue weighted by Gasteiger charge is -2.32. The van der Waals surface area contributed by atoms with Gasteiger partial charge in [-0.1, -0.05) is 0 Å². The Morgan fingerprint density at radius 2 is 2.07 bits per heavy atom. The van der Waals surface area contributed by atoms with Crippen LogP contribution in [0.25, 0.3) is 0 Å². The van der Waals surface area contributed by atoms with E-state index in [2.05, 4.69) is 22.0 Å². The van der Waals surface area contributed by atoms with Crippen LogP contribution in [0.2, 0.25) is 0 Å². The Kier molecular flexibility index (Phi) is 3.21. The first-order chi connectivity index (χ1) is 7.29. The van der Waals surface area contributed by atoms with Crippen LogP contribution in [0.3, 0.4) is 0 Å². The fourth-order valence-electron chi connectivity index (χ4n) is 2.00. The minimum atomic E-state index is 0.444. The van der Waals surface area contributed by atoms with Gasteiger partial charge in [0.15, 0.2) is 0 Å². The highest BCUT2D eigenvalue weighted by Crippen LogP contribution is 2.20. The number of rotatable bonds is 2. The van der Waals surface area contributed by atoms with E-state index >= 15 is 0 Å². The van der Waals surface area contributed by atoms with Crippen molar-refractivity contribution in [3.8, 4) is 0 Å². The normalized spacial score (nSPS) is 18.1. The van der Waals surface area contributed by atoms with Gasteiger partial charge in [0.2, 0.25) is 0 Å². The summed E-state index contributed by atoms with van der Waals surface area (Å²) < 4.78 is 5.35. The Bertz CT molecular complexity index is 302. The van der Waals surface area contributed by atoms with E-state index in [1.54, 1.807) is 7.11 Å². The van der Waals surface area contributed by atoms with Gasteiger partial charge in [0.25, 0.3) is 0 Å². The van der Waals surface area contributed by atoms with Gasteiger partial charge in [-0.05, 0) is 31.9 Å². The SMILES string of the molecule is COC1CCN(c2ccc(C)nc2)CC1. The summed E-state index contributed by atoms with van der Waals surface area (Å²) in [5, 5.41) is 0. The zero-order valence-corrected chi connectivity index (χ0v) is 9.44.